The predicted octanol–water partition coefficient (Wildman–Crippen LogP) is 2.57. The lowest BCUT2D eigenvalue weighted by atomic mass is 10.0. The van der Waals surface area contributed by atoms with Crippen LogP contribution in [0.25, 0.3) is 0 Å². The Morgan fingerprint density at radius 3 is 2.29 bits per heavy atom. The zero-order valence-electron chi connectivity index (χ0n) is 12.4. The molecule has 0 radical (unpaired) electrons. The van der Waals surface area contributed by atoms with Crippen molar-refractivity contribution in [1.82, 2.24) is 0 Å². The van der Waals surface area contributed by atoms with E-state index in [1.807, 2.05) is 0 Å². The molecule has 7 heteroatoms. The molecule has 0 aliphatic carbocycles. The number of hydrogen-bond acceptors (Lipinski definition) is 4. The number of phosphoric ester groups is 1. The zero-order valence-corrected chi connectivity index (χ0v) is 13.3. The largest absolute Gasteiger partial charge is 0.469 e. The fourth-order valence-corrected chi connectivity index (χ4v) is 2.03. The van der Waals surface area contributed by atoms with Crippen LogP contribution in [0.15, 0.2) is 24.3 Å². The SMILES string of the molecule is CC(C)(C)OC(=O)CCc1ccccc1COP(=O)(O)O. The molecule has 0 saturated carbocycles. The van der Waals surface area contributed by atoms with E-state index in [9.17, 15) is 9.36 Å². The van der Waals surface area contributed by atoms with Crippen LogP contribution in [0.2, 0.25) is 0 Å². The number of carbonyl (C=O) groups is 1. The summed E-state index contributed by atoms with van der Waals surface area (Å²) >= 11 is 0. The van der Waals surface area contributed by atoms with E-state index in [2.05, 4.69) is 4.52 Å². The molecule has 0 aliphatic rings. The number of esters is 1. The maximum Gasteiger partial charge on any atom is 0.469 e. The third-order valence-electron chi connectivity index (χ3n) is 2.53. The van der Waals surface area contributed by atoms with Gasteiger partial charge in [0.15, 0.2) is 0 Å². The monoisotopic (exact) mass is 316 g/mol. The maximum absolute atomic E-state index is 11.7. The molecular formula is C14H21O6P. The molecule has 0 spiro atoms. The topological polar surface area (TPSA) is 93.1 Å². The first-order chi connectivity index (χ1) is 9.57. The van der Waals surface area contributed by atoms with Crippen molar-refractivity contribution in [2.45, 2.75) is 45.8 Å². The molecule has 0 aliphatic heterocycles. The number of carbonyl (C=O) groups excluding carboxylic acids is 1. The summed E-state index contributed by atoms with van der Waals surface area (Å²) in [6.07, 6.45) is 0.625. The predicted molar refractivity (Wildman–Crippen MR) is 77.4 cm³/mol. The van der Waals surface area contributed by atoms with E-state index in [-0.39, 0.29) is 19.0 Å². The molecule has 2 N–H and O–H groups in total. The van der Waals surface area contributed by atoms with Gasteiger partial charge in [-0.2, -0.15) is 0 Å². The normalized spacial score (nSPS) is 12.2. The van der Waals surface area contributed by atoms with Gasteiger partial charge in [-0.1, -0.05) is 24.3 Å². The number of ether oxygens (including phenoxy) is 1. The highest BCUT2D eigenvalue weighted by atomic mass is 31.2. The second kappa shape index (κ2) is 7.18. The van der Waals surface area contributed by atoms with Gasteiger partial charge < -0.3 is 14.5 Å². The Morgan fingerprint density at radius 2 is 1.76 bits per heavy atom. The fraction of sp³-hybridized carbons (Fsp3) is 0.500. The highest BCUT2D eigenvalue weighted by Gasteiger charge is 2.18. The minimum atomic E-state index is -4.51. The fourth-order valence-electron chi connectivity index (χ4n) is 1.73. The van der Waals surface area contributed by atoms with Gasteiger partial charge in [-0.3, -0.25) is 9.32 Å². The molecule has 6 nitrogen and oxygen atoms in total. The summed E-state index contributed by atoms with van der Waals surface area (Å²) in [6, 6.07) is 7.05. The molecule has 1 rings (SSSR count). The number of benzene rings is 1. The molecule has 0 unspecified atom stereocenters. The van der Waals surface area contributed by atoms with Crippen molar-refractivity contribution in [3.63, 3.8) is 0 Å². The van der Waals surface area contributed by atoms with E-state index < -0.39 is 13.4 Å². The third kappa shape index (κ3) is 7.97. The Bertz CT molecular complexity index is 529. The van der Waals surface area contributed by atoms with Gasteiger partial charge in [0.1, 0.15) is 5.60 Å². The van der Waals surface area contributed by atoms with Crippen molar-refractivity contribution in [1.29, 1.82) is 0 Å². The first-order valence-corrected chi connectivity index (χ1v) is 8.08. The molecule has 21 heavy (non-hydrogen) atoms. The van der Waals surface area contributed by atoms with Crippen molar-refractivity contribution >= 4 is 13.8 Å². The maximum atomic E-state index is 11.7. The van der Waals surface area contributed by atoms with Gasteiger partial charge in [0, 0.05) is 6.42 Å². The average Bonchev–Trinajstić information content (AvgIpc) is 2.32. The molecule has 1 aromatic rings. The van der Waals surface area contributed by atoms with Crippen molar-refractivity contribution in [2.24, 2.45) is 0 Å². The molecule has 118 valence electrons. The van der Waals surface area contributed by atoms with Crippen LogP contribution in [0.3, 0.4) is 0 Å². The van der Waals surface area contributed by atoms with Crippen molar-refractivity contribution in [3.8, 4) is 0 Å². The third-order valence-corrected chi connectivity index (χ3v) is 2.99. The Hall–Kier alpha value is -1.20. The van der Waals surface area contributed by atoms with Crippen LogP contribution in [-0.4, -0.2) is 21.4 Å². The molecule has 0 saturated heterocycles. The molecule has 0 fully saturated rings. The first kappa shape index (κ1) is 17.9. The lowest BCUT2D eigenvalue weighted by Crippen LogP contribution is -2.24. The van der Waals surface area contributed by atoms with Crippen LogP contribution in [0, 0.1) is 0 Å². The lowest BCUT2D eigenvalue weighted by molar-refractivity contribution is -0.154. The van der Waals surface area contributed by atoms with Crippen LogP contribution < -0.4 is 0 Å². The Morgan fingerprint density at radius 1 is 1.19 bits per heavy atom. The van der Waals surface area contributed by atoms with Crippen molar-refractivity contribution < 1.29 is 28.4 Å². The summed E-state index contributed by atoms with van der Waals surface area (Å²) in [5, 5.41) is 0. The summed E-state index contributed by atoms with van der Waals surface area (Å²) in [5.41, 5.74) is 0.918. The smallest absolute Gasteiger partial charge is 0.460 e. The van der Waals surface area contributed by atoms with E-state index in [1.165, 1.54) is 0 Å². The number of aryl methyl sites for hydroxylation is 1. The molecular weight excluding hydrogens is 295 g/mol. The van der Waals surface area contributed by atoms with Crippen LogP contribution in [0.4, 0.5) is 0 Å². The molecule has 0 amide bonds. The van der Waals surface area contributed by atoms with Crippen molar-refractivity contribution in [3.05, 3.63) is 35.4 Å². The van der Waals surface area contributed by atoms with E-state index in [1.54, 1.807) is 45.0 Å². The van der Waals surface area contributed by atoms with Gasteiger partial charge in [-0.15, -0.1) is 0 Å². The highest BCUT2D eigenvalue weighted by molar-refractivity contribution is 7.46. The molecule has 0 heterocycles. The van der Waals surface area contributed by atoms with Crippen molar-refractivity contribution in [2.75, 3.05) is 0 Å². The summed E-state index contributed by atoms with van der Waals surface area (Å²) in [5.74, 6) is -0.312. The summed E-state index contributed by atoms with van der Waals surface area (Å²) in [4.78, 5) is 29.1. The number of hydrogen-bond donors (Lipinski definition) is 2. The quantitative estimate of drug-likeness (QED) is 0.619. The minimum absolute atomic E-state index is 0.199. The summed E-state index contributed by atoms with van der Waals surface area (Å²) in [6.45, 7) is 5.20. The van der Waals surface area contributed by atoms with Crippen LogP contribution in [-0.2, 0) is 31.6 Å². The number of phosphoric acid groups is 1. The van der Waals surface area contributed by atoms with Gasteiger partial charge in [0.25, 0.3) is 0 Å². The van der Waals surface area contributed by atoms with E-state index in [4.69, 9.17) is 14.5 Å². The second-order valence-corrected chi connectivity index (χ2v) is 6.86. The lowest BCUT2D eigenvalue weighted by Gasteiger charge is -2.19. The molecule has 0 atom stereocenters. The van der Waals surface area contributed by atoms with Gasteiger partial charge in [-0.25, -0.2) is 4.57 Å². The molecule has 0 aromatic heterocycles. The Balaban J connectivity index is 2.63. The summed E-state index contributed by atoms with van der Waals surface area (Å²) < 4.78 is 20.4. The average molecular weight is 316 g/mol. The van der Waals surface area contributed by atoms with Gasteiger partial charge >= 0.3 is 13.8 Å². The highest BCUT2D eigenvalue weighted by Crippen LogP contribution is 2.37. The zero-order chi connectivity index (χ0) is 16.1. The standard InChI is InChI=1S/C14H21O6P/c1-14(2,3)20-13(15)9-8-11-6-4-5-7-12(11)10-19-21(16,17)18/h4-7H,8-10H2,1-3H3,(H2,16,17,18). The number of rotatable bonds is 6. The van der Waals surface area contributed by atoms with E-state index in [0.717, 1.165) is 5.56 Å². The molecule has 1 aromatic carbocycles. The van der Waals surface area contributed by atoms with Gasteiger partial charge in [0.2, 0.25) is 0 Å². The Kier molecular flexibility index (Phi) is 6.10. The molecule has 0 bridgehead atoms. The second-order valence-electron chi connectivity index (χ2n) is 5.62. The first-order valence-electron chi connectivity index (χ1n) is 6.55. The van der Waals surface area contributed by atoms with E-state index >= 15 is 0 Å². The van der Waals surface area contributed by atoms with Gasteiger partial charge in [-0.05, 0) is 38.3 Å². The van der Waals surface area contributed by atoms with Gasteiger partial charge in [0.05, 0.1) is 6.61 Å². The summed E-state index contributed by atoms with van der Waals surface area (Å²) in [7, 11) is -4.51. The Labute approximate surface area is 124 Å². The van der Waals surface area contributed by atoms with Crippen LogP contribution in [0.5, 0.6) is 0 Å². The minimum Gasteiger partial charge on any atom is -0.460 e. The van der Waals surface area contributed by atoms with Crippen LogP contribution >= 0.6 is 7.82 Å². The van der Waals surface area contributed by atoms with E-state index in [0.29, 0.717) is 12.0 Å². The van der Waals surface area contributed by atoms with Crippen LogP contribution in [0.1, 0.15) is 38.3 Å².